The van der Waals surface area contributed by atoms with Crippen LogP contribution < -0.4 is 4.90 Å². The molecule has 0 unspecified atom stereocenters. The smallest absolute Gasteiger partial charge is 0.276 e. The van der Waals surface area contributed by atoms with Crippen LogP contribution in [0.5, 0.6) is 5.75 Å². The lowest BCUT2D eigenvalue weighted by molar-refractivity contribution is 0.0988. The zero-order chi connectivity index (χ0) is 13.1. The Labute approximate surface area is 113 Å². The maximum Gasteiger partial charge on any atom is 0.276 e. The fourth-order valence-corrected chi connectivity index (χ4v) is 1.84. The first-order valence-electron chi connectivity index (χ1n) is 5.27. The first-order valence-corrected chi connectivity index (χ1v) is 6.07. The summed E-state index contributed by atoms with van der Waals surface area (Å²) in [6, 6.07) is 11.6. The summed E-state index contributed by atoms with van der Waals surface area (Å²) >= 11 is 3.23. The van der Waals surface area contributed by atoms with E-state index in [1.807, 2.05) is 0 Å². The SMILES string of the molecule is CN(C(=O)c1cccc(Br)n1)c1ccc(O)cc1. The molecule has 1 aromatic heterocycles. The van der Waals surface area contributed by atoms with E-state index in [2.05, 4.69) is 20.9 Å². The lowest BCUT2D eigenvalue weighted by atomic mass is 10.2. The van der Waals surface area contributed by atoms with Crippen LogP contribution in [0.4, 0.5) is 5.69 Å². The van der Waals surface area contributed by atoms with Crippen molar-refractivity contribution in [3.63, 3.8) is 0 Å². The summed E-state index contributed by atoms with van der Waals surface area (Å²) < 4.78 is 0.618. The number of aromatic nitrogens is 1. The number of amides is 1. The van der Waals surface area contributed by atoms with Gasteiger partial charge in [0.2, 0.25) is 0 Å². The topological polar surface area (TPSA) is 53.4 Å². The van der Waals surface area contributed by atoms with Gasteiger partial charge in [-0.15, -0.1) is 0 Å². The Kier molecular flexibility index (Phi) is 3.62. The number of hydrogen-bond donors (Lipinski definition) is 1. The van der Waals surface area contributed by atoms with Crippen LogP contribution >= 0.6 is 15.9 Å². The number of carbonyl (C=O) groups is 1. The lowest BCUT2D eigenvalue weighted by Gasteiger charge is -2.16. The summed E-state index contributed by atoms with van der Waals surface area (Å²) in [6.07, 6.45) is 0. The highest BCUT2D eigenvalue weighted by atomic mass is 79.9. The van der Waals surface area contributed by atoms with Gasteiger partial charge < -0.3 is 10.0 Å². The number of nitrogens with zero attached hydrogens (tertiary/aromatic N) is 2. The van der Waals surface area contributed by atoms with Gasteiger partial charge in [0.05, 0.1) is 0 Å². The zero-order valence-electron chi connectivity index (χ0n) is 9.67. The van der Waals surface area contributed by atoms with Gasteiger partial charge in [0.15, 0.2) is 0 Å². The molecule has 0 bridgehead atoms. The summed E-state index contributed by atoms with van der Waals surface area (Å²) in [7, 11) is 1.66. The number of phenolic OH excluding ortho intramolecular Hbond substituents is 1. The molecule has 0 saturated carbocycles. The van der Waals surface area contributed by atoms with E-state index in [1.54, 1.807) is 37.4 Å². The quantitative estimate of drug-likeness (QED) is 0.868. The number of anilines is 1. The molecule has 0 fully saturated rings. The van der Waals surface area contributed by atoms with E-state index in [-0.39, 0.29) is 11.7 Å². The van der Waals surface area contributed by atoms with Gasteiger partial charge in [-0.25, -0.2) is 4.98 Å². The third-order valence-corrected chi connectivity index (χ3v) is 2.92. The first kappa shape index (κ1) is 12.6. The summed E-state index contributed by atoms with van der Waals surface area (Å²) in [4.78, 5) is 17.8. The van der Waals surface area contributed by atoms with Gasteiger partial charge in [-0.2, -0.15) is 0 Å². The van der Waals surface area contributed by atoms with Crippen LogP contribution in [-0.4, -0.2) is 23.0 Å². The molecule has 1 amide bonds. The number of carbonyl (C=O) groups excluding carboxylic acids is 1. The highest BCUT2D eigenvalue weighted by molar-refractivity contribution is 9.10. The molecule has 0 atom stereocenters. The number of pyridine rings is 1. The Morgan fingerprint density at radius 2 is 1.89 bits per heavy atom. The average Bonchev–Trinajstić information content (AvgIpc) is 2.38. The van der Waals surface area contributed by atoms with Crippen LogP contribution in [0.25, 0.3) is 0 Å². The summed E-state index contributed by atoms with van der Waals surface area (Å²) in [6.45, 7) is 0. The highest BCUT2D eigenvalue weighted by Gasteiger charge is 2.14. The zero-order valence-corrected chi connectivity index (χ0v) is 11.3. The van der Waals surface area contributed by atoms with Crippen molar-refractivity contribution in [3.8, 4) is 5.75 Å². The Balaban J connectivity index is 2.26. The van der Waals surface area contributed by atoms with Gasteiger partial charge in [0, 0.05) is 12.7 Å². The maximum absolute atomic E-state index is 12.2. The molecule has 4 nitrogen and oxygen atoms in total. The molecule has 0 aliphatic heterocycles. The third kappa shape index (κ3) is 2.68. The molecule has 0 aliphatic rings. The number of rotatable bonds is 2. The first-order chi connectivity index (χ1) is 8.58. The number of halogens is 1. The molecule has 0 aliphatic carbocycles. The monoisotopic (exact) mass is 306 g/mol. The van der Waals surface area contributed by atoms with E-state index in [4.69, 9.17) is 0 Å². The minimum Gasteiger partial charge on any atom is -0.508 e. The van der Waals surface area contributed by atoms with Gasteiger partial charge in [-0.1, -0.05) is 6.07 Å². The Hall–Kier alpha value is -1.88. The summed E-state index contributed by atoms with van der Waals surface area (Å²) in [5.41, 5.74) is 1.06. The van der Waals surface area contributed by atoms with Crippen LogP contribution in [0.3, 0.4) is 0 Å². The van der Waals surface area contributed by atoms with Crippen molar-refractivity contribution < 1.29 is 9.90 Å². The molecule has 1 N–H and O–H groups in total. The van der Waals surface area contributed by atoms with Crippen LogP contribution in [-0.2, 0) is 0 Å². The molecule has 1 heterocycles. The predicted octanol–water partition coefficient (Wildman–Crippen LogP) is 2.83. The molecule has 18 heavy (non-hydrogen) atoms. The van der Waals surface area contributed by atoms with Crippen molar-refractivity contribution in [1.82, 2.24) is 4.98 Å². The molecule has 92 valence electrons. The third-order valence-electron chi connectivity index (χ3n) is 2.48. The van der Waals surface area contributed by atoms with E-state index in [9.17, 15) is 9.90 Å². The van der Waals surface area contributed by atoms with Crippen molar-refractivity contribution in [2.75, 3.05) is 11.9 Å². The molecule has 5 heteroatoms. The lowest BCUT2D eigenvalue weighted by Crippen LogP contribution is -2.26. The van der Waals surface area contributed by atoms with Gasteiger partial charge in [-0.05, 0) is 52.3 Å². The molecule has 2 aromatic rings. The van der Waals surface area contributed by atoms with Gasteiger partial charge >= 0.3 is 0 Å². The minimum atomic E-state index is -0.206. The molecular formula is C13H11BrN2O2. The van der Waals surface area contributed by atoms with Crippen LogP contribution in [0.2, 0.25) is 0 Å². The standard InChI is InChI=1S/C13H11BrN2O2/c1-16(9-5-7-10(17)8-6-9)13(18)11-3-2-4-12(14)15-11/h2-8,17H,1H3. The van der Waals surface area contributed by atoms with Crippen molar-refractivity contribution in [2.24, 2.45) is 0 Å². The number of hydrogen-bond acceptors (Lipinski definition) is 3. The summed E-state index contributed by atoms with van der Waals surface area (Å²) in [5, 5.41) is 9.21. The van der Waals surface area contributed by atoms with E-state index in [0.717, 1.165) is 0 Å². The Bertz CT molecular complexity index is 569. The molecule has 2 rings (SSSR count). The fourth-order valence-electron chi connectivity index (χ4n) is 1.49. The number of aromatic hydroxyl groups is 1. The largest absolute Gasteiger partial charge is 0.508 e. The predicted molar refractivity (Wildman–Crippen MR) is 72.8 cm³/mol. The van der Waals surface area contributed by atoms with Crippen molar-refractivity contribution in [1.29, 1.82) is 0 Å². The van der Waals surface area contributed by atoms with Crippen LogP contribution in [0.1, 0.15) is 10.5 Å². The van der Waals surface area contributed by atoms with Gasteiger partial charge in [0.1, 0.15) is 16.0 Å². The summed E-state index contributed by atoms with van der Waals surface area (Å²) in [5.74, 6) is -0.0397. The second-order valence-electron chi connectivity index (χ2n) is 3.73. The second-order valence-corrected chi connectivity index (χ2v) is 4.54. The van der Waals surface area contributed by atoms with E-state index in [0.29, 0.717) is 16.0 Å². The van der Waals surface area contributed by atoms with Crippen molar-refractivity contribution >= 4 is 27.5 Å². The number of phenols is 1. The highest BCUT2D eigenvalue weighted by Crippen LogP contribution is 2.19. The minimum absolute atomic E-state index is 0.167. The van der Waals surface area contributed by atoms with Crippen molar-refractivity contribution in [3.05, 3.63) is 52.8 Å². The number of benzene rings is 1. The van der Waals surface area contributed by atoms with Crippen LogP contribution in [0.15, 0.2) is 47.1 Å². The van der Waals surface area contributed by atoms with E-state index in [1.165, 1.54) is 17.0 Å². The van der Waals surface area contributed by atoms with Crippen molar-refractivity contribution in [2.45, 2.75) is 0 Å². The molecular weight excluding hydrogens is 296 g/mol. The normalized spacial score (nSPS) is 10.1. The second kappa shape index (κ2) is 5.18. The molecule has 0 saturated heterocycles. The Morgan fingerprint density at radius 1 is 1.22 bits per heavy atom. The van der Waals surface area contributed by atoms with Gasteiger partial charge in [-0.3, -0.25) is 4.79 Å². The van der Waals surface area contributed by atoms with E-state index >= 15 is 0 Å². The van der Waals surface area contributed by atoms with Crippen LogP contribution in [0, 0.1) is 0 Å². The fraction of sp³-hybridized carbons (Fsp3) is 0.0769. The Morgan fingerprint density at radius 3 is 2.50 bits per heavy atom. The van der Waals surface area contributed by atoms with Gasteiger partial charge in [0.25, 0.3) is 5.91 Å². The molecule has 0 radical (unpaired) electrons. The average molecular weight is 307 g/mol. The van der Waals surface area contributed by atoms with E-state index < -0.39 is 0 Å². The molecule has 0 spiro atoms. The maximum atomic E-state index is 12.2. The molecule has 1 aromatic carbocycles.